The fourth-order valence-electron chi connectivity index (χ4n) is 1.31. The molecule has 7 nitrogen and oxygen atoms in total. The van der Waals surface area contributed by atoms with Gasteiger partial charge < -0.3 is 15.7 Å². The molecule has 0 bridgehead atoms. The van der Waals surface area contributed by atoms with Gasteiger partial charge >= 0.3 is 6.03 Å². The molecule has 0 saturated carbocycles. The Morgan fingerprint density at radius 3 is 2.75 bits per heavy atom. The Morgan fingerprint density at radius 2 is 2.31 bits per heavy atom. The van der Waals surface area contributed by atoms with E-state index in [0.717, 1.165) is 4.90 Å². The lowest BCUT2D eigenvalue weighted by Crippen LogP contribution is -2.45. The third-order valence-corrected chi connectivity index (χ3v) is 2.32. The van der Waals surface area contributed by atoms with E-state index < -0.39 is 17.8 Å². The number of aliphatic hydroxyl groups is 1. The zero-order valence-electron chi connectivity index (χ0n) is 9.02. The third-order valence-electron chi connectivity index (χ3n) is 2.32. The smallest absolute Gasteiger partial charge is 0.325 e. The fourth-order valence-corrected chi connectivity index (χ4v) is 1.31. The van der Waals surface area contributed by atoms with Gasteiger partial charge in [-0.25, -0.2) is 4.79 Å². The van der Waals surface area contributed by atoms with Gasteiger partial charge in [0.25, 0.3) is 5.91 Å². The van der Waals surface area contributed by atoms with Gasteiger partial charge in [0.1, 0.15) is 6.54 Å². The van der Waals surface area contributed by atoms with Gasteiger partial charge in [0.15, 0.2) is 0 Å². The summed E-state index contributed by atoms with van der Waals surface area (Å²) in [6.45, 7) is 1.28. The van der Waals surface area contributed by atoms with Crippen LogP contribution in [0.5, 0.6) is 0 Å². The van der Waals surface area contributed by atoms with Gasteiger partial charge in [-0.3, -0.25) is 14.5 Å². The molecule has 7 heteroatoms. The topological polar surface area (TPSA) is 98.7 Å². The summed E-state index contributed by atoms with van der Waals surface area (Å²) in [6.07, 6.45) is 0.586. The van der Waals surface area contributed by atoms with Crippen LogP contribution in [0.2, 0.25) is 0 Å². The van der Waals surface area contributed by atoms with Crippen molar-refractivity contribution in [1.29, 1.82) is 0 Å². The van der Waals surface area contributed by atoms with Crippen LogP contribution in [0.25, 0.3) is 0 Å². The summed E-state index contributed by atoms with van der Waals surface area (Å²) in [4.78, 5) is 34.5. The number of carbonyl (C=O) groups excluding carboxylic acids is 3. The first-order valence-electron chi connectivity index (χ1n) is 5.06. The highest BCUT2D eigenvalue weighted by Crippen LogP contribution is 1.98. The number of carbonyl (C=O) groups is 3. The largest absolute Gasteiger partial charge is 0.394 e. The van der Waals surface area contributed by atoms with E-state index in [1.165, 1.54) is 0 Å². The summed E-state index contributed by atoms with van der Waals surface area (Å²) in [5.41, 5.74) is 0. The number of urea groups is 1. The van der Waals surface area contributed by atoms with Crippen molar-refractivity contribution >= 4 is 17.8 Å². The van der Waals surface area contributed by atoms with E-state index in [2.05, 4.69) is 10.6 Å². The molecule has 1 atom stereocenters. The maximum atomic E-state index is 11.4. The zero-order chi connectivity index (χ0) is 12.1. The number of nitrogens with zero attached hydrogens (tertiary/aromatic N) is 1. The second-order valence-electron chi connectivity index (χ2n) is 3.49. The first kappa shape index (κ1) is 12.4. The van der Waals surface area contributed by atoms with Crippen LogP contribution in [-0.2, 0) is 9.59 Å². The van der Waals surface area contributed by atoms with Gasteiger partial charge in [-0.05, 0) is 6.42 Å². The summed E-state index contributed by atoms with van der Waals surface area (Å²) in [6, 6.07) is -0.898. The van der Waals surface area contributed by atoms with E-state index in [4.69, 9.17) is 5.11 Å². The highest BCUT2D eigenvalue weighted by molar-refractivity contribution is 6.04. The third kappa shape index (κ3) is 2.93. The second-order valence-corrected chi connectivity index (χ2v) is 3.49. The predicted octanol–water partition coefficient (Wildman–Crippen LogP) is -1.57. The van der Waals surface area contributed by atoms with Crippen molar-refractivity contribution in [3.05, 3.63) is 0 Å². The van der Waals surface area contributed by atoms with E-state index in [1.807, 2.05) is 6.92 Å². The molecular weight excluding hydrogens is 214 g/mol. The molecule has 1 saturated heterocycles. The van der Waals surface area contributed by atoms with Gasteiger partial charge in [0, 0.05) is 0 Å². The van der Waals surface area contributed by atoms with E-state index in [0.29, 0.717) is 6.42 Å². The Labute approximate surface area is 92.8 Å². The van der Waals surface area contributed by atoms with E-state index >= 15 is 0 Å². The maximum absolute atomic E-state index is 11.4. The SMILES string of the molecule is CC[C@H](CO)NC(=O)CN1C(=O)CNC1=O. The Balaban J connectivity index is 2.45. The Morgan fingerprint density at radius 1 is 1.62 bits per heavy atom. The molecule has 1 heterocycles. The van der Waals surface area contributed by atoms with Crippen molar-refractivity contribution in [2.75, 3.05) is 19.7 Å². The van der Waals surface area contributed by atoms with Gasteiger partial charge in [-0.2, -0.15) is 0 Å². The summed E-state index contributed by atoms with van der Waals surface area (Å²) in [5.74, 6) is -0.872. The summed E-state index contributed by atoms with van der Waals surface area (Å²) < 4.78 is 0. The van der Waals surface area contributed by atoms with Gasteiger partial charge in [-0.15, -0.1) is 0 Å². The minimum absolute atomic E-state index is 0.0662. The van der Waals surface area contributed by atoms with E-state index in [9.17, 15) is 14.4 Å². The van der Waals surface area contributed by atoms with Crippen molar-refractivity contribution in [2.24, 2.45) is 0 Å². The van der Waals surface area contributed by atoms with Crippen LogP contribution in [-0.4, -0.2) is 53.6 Å². The molecule has 0 spiro atoms. The zero-order valence-corrected chi connectivity index (χ0v) is 9.02. The molecule has 0 aliphatic carbocycles. The molecule has 0 unspecified atom stereocenters. The van der Waals surface area contributed by atoms with Crippen molar-refractivity contribution in [3.8, 4) is 0 Å². The van der Waals surface area contributed by atoms with Crippen LogP contribution in [0.3, 0.4) is 0 Å². The number of rotatable bonds is 5. The van der Waals surface area contributed by atoms with Gasteiger partial charge in [-0.1, -0.05) is 6.92 Å². The summed E-state index contributed by atoms with van der Waals surface area (Å²) in [5, 5.41) is 13.7. The highest BCUT2D eigenvalue weighted by atomic mass is 16.3. The molecular formula is C9H15N3O4. The first-order chi connectivity index (χ1) is 7.58. The van der Waals surface area contributed by atoms with Crippen LogP contribution >= 0.6 is 0 Å². The number of aliphatic hydroxyl groups excluding tert-OH is 1. The second kappa shape index (κ2) is 5.45. The minimum atomic E-state index is -0.558. The molecule has 1 fully saturated rings. The fraction of sp³-hybridized carbons (Fsp3) is 0.667. The van der Waals surface area contributed by atoms with Crippen molar-refractivity contribution in [3.63, 3.8) is 0 Å². The Hall–Kier alpha value is -1.63. The predicted molar refractivity (Wildman–Crippen MR) is 54.4 cm³/mol. The van der Waals surface area contributed by atoms with Crippen LogP contribution in [0.4, 0.5) is 4.79 Å². The normalized spacial score (nSPS) is 17.2. The monoisotopic (exact) mass is 229 g/mol. The highest BCUT2D eigenvalue weighted by Gasteiger charge is 2.30. The van der Waals surface area contributed by atoms with Crippen LogP contribution in [0.1, 0.15) is 13.3 Å². The number of hydrogen-bond acceptors (Lipinski definition) is 4. The molecule has 16 heavy (non-hydrogen) atoms. The van der Waals surface area contributed by atoms with Crippen molar-refractivity contribution < 1.29 is 19.5 Å². The molecule has 0 radical (unpaired) electrons. The average Bonchev–Trinajstić information content (AvgIpc) is 2.57. The van der Waals surface area contributed by atoms with E-state index in [1.54, 1.807) is 0 Å². The lowest BCUT2D eigenvalue weighted by atomic mass is 10.2. The van der Waals surface area contributed by atoms with Gasteiger partial charge in [0.05, 0.1) is 19.2 Å². The quantitative estimate of drug-likeness (QED) is 0.496. The maximum Gasteiger partial charge on any atom is 0.325 e. The molecule has 0 aromatic carbocycles. The number of amides is 4. The van der Waals surface area contributed by atoms with Crippen LogP contribution in [0, 0.1) is 0 Å². The molecule has 1 rings (SSSR count). The van der Waals surface area contributed by atoms with Crippen LogP contribution in [0.15, 0.2) is 0 Å². The number of imide groups is 1. The molecule has 4 amide bonds. The molecule has 0 aromatic rings. The Bertz CT molecular complexity index is 285. The summed E-state index contributed by atoms with van der Waals surface area (Å²) in [7, 11) is 0. The molecule has 90 valence electrons. The number of nitrogens with one attached hydrogen (secondary N) is 2. The average molecular weight is 229 g/mol. The summed E-state index contributed by atoms with van der Waals surface area (Å²) >= 11 is 0. The molecule has 3 N–H and O–H groups in total. The van der Waals surface area contributed by atoms with Crippen molar-refractivity contribution in [1.82, 2.24) is 15.5 Å². The van der Waals surface area contributed by atoms with Crippen LogP contribution < -0.4 is 10.6 Å². The Kier molecular flexibility index (Phi) is 4.24. The lowest BCUT2D eigenvalue weighted by Gasteiger charge is -2.16. The molecule has 1 aliphatic heterocycles. The standard InChI is InChI=1S/C9H15N3O4/c1-2-6(5-13)11-7(14)4-12-8(15)3-10-9(12)16/h6,13H,2-5H2,1H3,(H,10,16)(H,11,14)/t6-/m1/s1. The number of hydrogen-bond donors (Lipinski definition) is 3. The minimum Gasteiger partial charge on any atom is -0.394 e. The van der Waals surface area contributed by atoms with E-state index in [-0.39, 0.29) is 25.7 Å². The lowest BCUT2D eigenvalue weighted by molar-refractivity contribution is -0.131. The van der Waals surface area contributed by atoms with Gasteiger partial charge in [0.2, 0.25) is 5.91 Å². The first-order valence-corrected chi connectivity index (χ1v) is 5.06. The molecule has 0 aromatic heterocycles. The van der Waals surface area contributed by atoms with Crippen molar-refractivity contribution in [2.45, 2.75) is 19.4 Å². The molecule has 1 aliphatic rings.